The summed E-state index contributed by atoms with van der Waals surface area (Å²) < 4.78 is 13.9. The molecule has 0 bridgehead atoms. The highest BCUT2D eigenvalue weighted by Gasteiger charge is 2.22. The van der Waals surface area contributed by atoms with Gasteiger partial charge in [-0.15, -0.1) is 0 Å². The van der Waals surface area contributed by atoms with E-state index in [1.807, 2.05) is 42.5 Å². The number of hydrogen-bond donors (Lipinski definition) is 1. The maximum Gasteiger partial charge on any atom is 0.336 e. The number of carbonyl (C=O) groups is 1. The first-order chi connectivity index (χ1) is 14.6. The van der Waals surface area contributed by atoms with Gasteiger partial charge in [0.1, 0.15) is 30.2 Å². The first-order valence-corrected chi connectivity index (χ1v) is 10.0. The number of fused-ring (bicyclic) bond motifs is 2. The molecule has 2 aliphatic rings. The Morgan fingerprint density at radius 1 is 1.00 bits per heavy atom. The highest BCUT2D eigenvalue weighted by Crippen LogP contribution is 2.41. The molecule has 0 fully saturated rings. The van der Waals surface area contributed by atoms with Crippen LogP contribution in [0, 0.1) is 0 Å². The molecule has 0 amide bonds. The molecule has 0 atom stereocenters. The number of benzene rings is 3. The summed E-state index contributed by atoms with van der Waals surface area (Å²) in [5.74, 6) is 0.430. The summed E-state index contributed by atoms with van der Waals surface area (Å²) in [6.45, 7) is 6.01. The lowest BCUT2D eigenvalue weighted by Gasteiger charge is -2.17. The summed E-state index contributed by atoms with van der Waals surface area (Å²) in [6, 6.07) is 18.8. The molecule has 5 nitrogen and oxygen atoms in total. The minimum absolute atomic E-state index is 0.259. The Hall–Kier alpha value is -3.60. The van der Waals surface area contributed by atoms with Gasteiger partial charge in [-0.1, -0.05) is 18.2 Å². The molecule has 0 aromatic heterocycles. The van der Waals surface area contributed by atoms with E-state index in [-0.39, 0.29) is 5.56 Å². The third-order valence-corrected chi connectivity index (χ3v) is 5.47. The zero-order chi connectivity index (χ0) is 21.3. The third-order valence-electron chi connectivity index (χ3n) is 5.47. The summed E-state index contributed by atoms with van der Waals surface area (Å²) in [7, 11) is 1.61. The third kappa shape index (κ3) is 3.32. The second-order valence-electron chi connectivity index (χ2n) is 7.04. The van der Waals surface area contributed by atoms with Crippen LogP contribution in [0.1, 0.15) is 24.2 Å². The van der Waals surface area contributed by atoms with Gasteiger partial charge >= 0.3 is 5.97 Å². The summed E-state index contributed by atoms with van der Waals surface area (Å²) in [5.41, 5.74) is 3.29. The molecule has 2 aromatic rings. The second kappa shape index (κ2) is 8.03. The Morgan fingerprint density at radius 2 is 1.77 bits per heavy atom. The van der Waals surface area contributed by atoms with Crippen LogP contribution in [0.25, 0.3) is 33.4 Å². The molecule has 0 saturated heterocycles. The molecule has 4 rings (SSSR count). The average molecular weight is 402 g/mol. The van der Waals surface area contributed by atoms with Gasteiger partial charge in [0, 0.05) is 28.6 Å². The van der Waals surface area contributed by atoms with Gasteiger partial charge in [-0.25, -0.2) is 9.37 Å². The molecular formula is C25H24NO4+. The number of carboxylic acid groups (broad SMARTS) is 1. The number of hydrogen-bond acceptors (Lipinski definition) is 3. The SMILES string of the molecule is CC[N+](CC)=c1ccc2c(-c3ccccc3C(=O)O)c3ccc(OC)cc3oc-2c1. The number of nitrogens with zero attached hydrogens (tertiary/aromatic N) is 1. The van der Waals surface area contributed by atoms with Crippen LogP contribution in [0.2, 0.25) is 0 Å². The molecule has 30 heavy (non-hydrogen) atoms. The minimum Gasteiger partial charge on any atom is -0.497 e. The summed E-state index contributed by atoms with van der Waals surface area (Å²) in [4.78, 5) is 11.9. The highest BCUT2D eigenvalue weighted by atomic mass is 16.5. The maximum atomic E-state index is 11.9. The highest BCUT2D eigenvalue weighted by molar-refractivity contribution is 6.07. The van der Waals surface area contributed by atoms with Crippen LogP contribution in [-0.2, 0) is 0 Å². The van der Waals surface area contributed by atoms with Crippen LogP contribution in [0.5, 0.6) is 5.75 Å². The van der Waals surface area contributed by atoms with Gasteiger partial charge in [0.2, 0.25) is 5.36 Å². The molecule has 1 N–H and O–H groups in total. The minimum atomic E-state index is -0.957. The first kappa shape index (κ1) is 19.7. The van der Waals surface area contributed by atoms with Crippen LogP contribution in [0.4, 0.5) is 0 Å². The van der Waals surface area contributed by atoms with E-state index in [9.17, 15) is 9.90 Å². The predicted octanol–water partition coefficient (Wildman–Crippen LogP) is 4.72. The fourth-order valence-corrected chi connectivity index (χ4v) is 3.95. The summed E-state index contributed by atoms with van der Waals surface area (Å²) in [5, 5.41) is 11.7. The van der Waals surface area contributed by atoms with E-state index in [0.29, 0.717) is 22.7 Å². The van der Waals surface area contributed by atoms with Crippen molar-refractivity contribution in [1.29, 1.82) is 0 Å². The molecule has 0 saturated carbocycles. The van der Waals surface area contributed by atoms with Gasteiger partial charge in [0.25, 0.3) is 0 Å². The summed E-state index contributed by atoms with van der Waals surface area (Å²) in [6.07, 6.45) is 0. The monoisotopic (exact) mass is 402 g/mol. The van der Waals surface area contributed by atoms with Crippen LogP contribution in [-0.4, -0.2) is 31.3 Å². The summed E-state index contributed by atoms with van der Waals surface area (Å²) >= 11 is 0. The lowest BCUT2D eigenvalue weighted by molar-refractivity contribution is 0.0697. The van der Waals surface area contributed by atoms with Gasteiger partial charge in [0.05, 0.1) is 18.7 Å². The van der Waals surface area contributed by atoms with E-state index in [4.69, 9.17) is 9.15 Å². The van der Waals surface area contributed by atoms with Crippen molar-refractivity contribution in [3.63, 3.8) is 0 Å². The first-order valence-electron chi connectivity index (χ1n) is 10.0. The molecule has 1 heterocycles. The lowest BCUT2D eigenvalue weighted by Crippen LogP contribution is -2.29. The maximum absolute atomic E-state index is 11.9. The van der Waals surface area contributed by atoms with Crippen LogP contribution in [0.15, 0.2) is 65.1 Å². The molecule has 2 aromatic carbocycles. The van der Waals surface area contributed by atoms with Crippen molar-refractivity contribution in [2.75, 3.05) is 20.2 Å². The molecule has 0 spiro atoms. The standard InChI is InChI=1S/C25H23NO4/c1-4-26(5-2)16-10-12-20-22(14-16)30-23-15-17(29-3)11-13-21(23)24(20)18-8-6-7-9-19(18)25(27)28/h6-15H,4-5H2,1-3H3/p+1. The average Bonchev–Trinajstić information content (AvgIpc) is 2.77. The fourth-order valence-electron chi connectivity index (χ4n) is 3.95. The number of methoxy groups -OCH3 is 1. The van der Waals surface area contributed by atoms with Crippen molar-refractivity contribution in [3.05, 3.63) is 71.6 Å². The van der Waals surface area contributed by atoms with E-state index < -0.39 is 5.97 Å². The van der Waals surface area contributed by atoms with Gasteiger partial charge in [-0.2, -0.15) is 0 Å². The normalized spacial score (nSPS) is 11.0. The molecule has 0 unspecified atom stereocenters. The second-order valence-corrected chi connectivity index (χ2v) is 7.04. The van der Waals surface area contributed by atoms with Gasteiger partial charge in [0.15, 0.2) is 0 Å². The topological polar surface area (TPSA) is 62.7 Å². The molecule has 5 heteroatoms. The Kier molecular flexibility index (Phi) is 5.27. The quantitative estimate of drug-likeness (QED) is 0.387. The Balaban J connectivity index is 2.17. The molecule has 1 aliphatic heterocycles. The van der Waals surface area contributed by atoms with Crippen LogP contribution < -0.4 is 14.7 Å². The number of rotatable bonds is 5. The van der Waals surface area contributed by atoms with Crippen LogP contribution >= 0.6 is 0 Å². The molecule has 1 aliphatic carbocycles. The van der Waals surface area contributed by atoms with E-state index in [1.54, 1.807) is 19.2 Å². The van der Waals surface area contributed by atoms with E-state index >= 15 is 0 Å². The Morgan fingerprint density at radius 3 is 2.47 bits per heavy atom. The lowest BCUT2D eigenvalue weighted by atomic mass is 9.91. The predicted molar refractivity (Wildman–Crippen MR) is 118 cm³/mol. The molecule has 0 radical (unpaired) electrons. The number of carboxylic acids is 1. The van der Waals surface area contributed by atoms with Gasteiger partial charge < -0.3 is 14.3 Å². The van der Waals surface area contributed by atoms with Crippen molar-refractivity contribution in [2.45, 2.75) is 13.8 Å². The van der Waals surface area contributed by atoms with Gasteiger partial charge in [-0.3, -0.25) is 0 Å². The Labute approximate surface area is 174 Å². The van der Waals surface area contributed by atoms with Crippen molar-refractivity contribution >= 4 is 16.9 Å². The van der Waals surface area contributed by atoms with Crippen molar-refractivity contribution < 1.29 is 19.1 Å². The number of aromatic carboxylic acids is 1. The molecule has 152 valence electrons. The van der Waals surface area contributed by atoms with E-state index in [2.05, 4.69) is 24.5 Å². The molecular weight excluding hydrogens is 378 g/mol. The van der Waals surface area contributed by atoms with E-state index in [0.717, 1.165) is 35.0 Å². The number of ether oxygens (including phenoxy) is 1. The largest absolute Gasteiger partial charge is 0.497 e. The van der Waals surface area contributed by atoms with E-state index in [1.165, 1.54) is 0 Å². The zero-order valence-corrected chi connectivity index (χ0v) is 17.3. The van der Waals surface area contributed by atoms with Crippen LogP contribution in [0.3, 0.4) is 0 Å². The van der Waals surface area contributed by atoms with Gasteiger partial charge in [-0.05, 0) is 43.7 Å². The smallest absolute Gasteiger partial charge is 0.336 e. The Bertz CT molecular complexity index is 1280. The fraction of sp³-hybridized carbons (Fsp3) is 0.200. The van der Waals surface area contributed by atoms with Crippen molar-refractivity contribution in [1.82, 2.24) is 4.58 Å². The van der Waals surface area contributed by atoms with Crippen molar-refractivity contribution in [3.8, 4) is 28.2 Å². The zero-order valence-electron chi connectivity index (χ0n) is 17.3. The van der Waals surface area contributed by atoms with Crippen molar-refractivity contribution in [2.24, 2.45) is 0 Å².